The Hall–Kier alpha value is -0.830. The highest BCUT2D eigenvalue weighted by molar-refractivity contribution is 6.30. The summed E-state index contributed by atoms with van der Waals surface area (Å²) in [6.07, 6.45) is 2.02. The summed E-state index contributed by atoms with van der Waals surface area (Å²) in [6.45, 7) is 5.54. The molecule has 1 aromatic heterocycles. The molecule has 0 aliphatic rings. The summed E-state index contributed by atoms with van der Waals surface area (Å²) in [5.74, 6) is 0.102. The number of Topliss-reactive ketones (excluding diaryl/α,β-unsaturated/α-hetero) is 1. The lowest BCUT2D eigenvalue weighted by Gasteiger charge is -2.06. The largest absolute Gasteiger partial charge is 0.300 e. The zero-order valence-electron chi connectivity index (χ0n) is 8.04. The van der Waals surface area contributed by atoms with Gasteiger partial charge in [-0.3, -0.25) is 9.48 Å². The van der Waals surface area contributed by atoms with Crippen LogP contribution in [0.1, 0.15) is 32.4 Å². The van der Waals surface area contributed by atoms with Gasteiger partial charge in [0.1, 0.15) is 10.9 Å². The van der Waals surface area contributed by atoms with E-state index in [1.165, 1.54) is 0 Å². The molecule has 0 saturated carbocycles. The van der Waals surface area contributed by atoms with Gasteiger partial charge in [-0.1, -0.05) is 11.6 Å². The number of ketones is 1. The molecule has 0 N–H and O–H groups in total. The smallest absolute Gasteiger partial charge is 0.134 e. The monoisotopic (exact) mass is 200 g/mol. The third-order valence-electron chi connectivity index (χ3n) is 1.73. The van der Waals surface area contributed by atoms with E-state index in [4.69, 9.17) is 11.6 Å². The Bertz CT molecular complexity index is 317. The van der Waals surface area contributed by atoms with Gasteiger partial charge in [-0.25, -0.2) is 0 Å². The molecule has 3 nitrogen and oxygen atoms in total. The van der Waals surface area contributed by atoms with Crippen LogP contribution in [0.5, 0.6) is 0 Å². The molecule has 13 heavy (non-hydrogen) atoms. The van der Waals surface area contributed by atoms with Crippen LogP contribution in [0.15, 0.2) is 6.20 Å². The average molecular weight is 201 g/mol. The zero-order valence-corrected chi connectivity index (χ0v) is 8.80. The number of carbonyl (C=O) groups is 1. The zero-order chi connectivity index (χ0) is 10.0. The molecular weight excluding hydrogens is 188 g/mol. The van der Waals surface area contributed by atoms with E-state index >= 15 is 0 Å². The lowest BCUT2D eigenvalue weighted by Crippen LogP contribution is -2.03. The van der Waals surface area contributed by atoms with E-state index in [1.807, 2.05) is 13.8 Å². The van der Waals surface area contributed by atoms with E-state index < -0.39 is 0 Å². The van der Waals surface area contributed by atoms with E-state index in [1.54, 1.807) is 17.8 Å². The van der Waals surface area contributed by atoms with Crippen LogP contribution in [-0.4, -0.2) is 15.6 Å². The van der Waals surface area contributed by atoms with Crippen molar-refractivity contribution in [3.63, 3.8) is 0 Å². The fraction of sp³-hybridized carbons (Fsp3) is 0.556. The summed E-state index contributed by atoms with van der Waals surface area (Å²) in [6, 6.07) is 0.230. The predicted molar refractivity (Wildman–Crippen MR) is 52.0 cm³/mol. The minimum atomic E-state index is 0.102. The number of aromatic nitrogens is 2. The molecule has 0 bridgehead atoms. The summed E-state index contributed by atoms with van der Waals surface area (Å²) >= 11 is 6.01. The number of halogens is 1. The summed E-state index contributed by atoms with van der Waals surface area (Å²) in [7, 11) is 0. The average Bonchev–Trinajstić information content (AvgIpc) is 2.32. The van der Waals surface area contributed by atoms with E-state index in [-0.39, 0.29) is 11.8 Å². The number of hydrogen-bond donors (Lipinski definition) is 0. The van der Waals surface area contributed by atoms with Crippen molar-refractivity contribution in [1.29, 1.82) is 0 Å². The van der Waals surface area contributed by atoms with Crippen LogP contribution in [0.3, 0.4) is 0 Å². The van der Waals surface area contributed by atoms with Crippen LogP contribution in [-0.2, 0) is 11.2 Å². The minimum absolute atomic E-state index is 0.102. The van der Waals surface area contributed by atoms with Gasteiger partial charge in [0, 0.05) is 18.0 Å². The van der Waals surface area contributed by atoms with Gasteiger partial charge in [-0.2, -0.15) is 5.10 Å². The number of hydrogen-bond acceptors (Lipinski definition) is 2. The quantitative estimate of drug-likeness (QED) is 0.750. The van der Waals surface area contributed by atoms with Crippen molar-refractivity contribution < 1.29 is 4.79 Å². The fourth-order valence-corrected chi connectivity index (χ4v) is 1.48. The molecule has 1 aromatic rings. The number of rotatable bonds is 3. The van der Waals surface area contributed by atoms with E-state index in [2.05, 4.69) is 5.10 Å². The molecule has 0 saturated heterocycles. The van der Waals surface area contributed by atoms with Gasteiger partial charge in [-0.05, 0) is 20.8 Å². The van der Waals surface area contributed by atoms with Gasteiger partial charge in [0.2, 0.25) is 0 Å². The topological polar surface area (TPSA) is 34.9 Å². The summed E-state index contributed by atoms with van der Waals surface area (Å²) < 4.78 is 1.71. The van der Waals surface area contributed by atoms with Crippen LogP contribution >= 0.6 is 11.6 Å². The molecule has 0 aliphatic carbocycles. The molecular formula is C9H13ClN2O. The first kappa shape index (κ1) is 10.3. The molecule has 0 unspecified atom stereocenters. The Balaban J connectivity index is 2.92. The summed E-state index contributed by atoms with van der Waals surface area (Å²) in [4.78, 5) is 10.8. The molecule has 72 valence electrons. The summed E-state index contributed by atoms with van der Waals surface area (Å²) in [5.41, 5.74) is 0.808. The van der Waals surface area contributed by atoms with Crippen molar-refractivity contribution in [3.8, 4) is 0 Å². The lowest BCUT2D eigenvalue weighted by atomic mass is 10.2. The van der Waals surface area contributed by atoms with Crippen molar-refractivity contribution in [2.45, 2.75) is 33.2 Å². The van der Waals surface area contributed by atoms with Gasteiger partial charge in [0.05, 0.1) is 6.20 Å². The van der Waals surface area contributed by atoms with Gasteiger partial charge in [0.15, 0.2) is 0 Å². The van der Waals surface area contributed by atoms with Crippen molar-refractivity contribution in [1.82, 2.24) is 9.78 Å². The lowest BCUT2D eigenvalue weighted by molar-refractivity contribution is -0.116. The highest BCUT2D eigenvalue weighted by Crippen LogP contribution is 2.19. The minimum Gasteiger partial charge on any atom is -0.300 e. The maximum atomic E-state index is 10.8. The maximum absolute atomic E-state index is 10.8. The fourth-order valence-electron chi connectivity index (χ4n) is 1.13. The molecule has 0 aromatic carbocycles. The second-order valence-electron chi connectivity index (χ2n) is 3.38. The van der Waals surface area contributed by atoms with Gasteiger partial charge < -0.3 is 0 Å². The molecule has 0 fully saturated rings. The van der Waals surface area contributed by atoms with Crippen molar-refractivity contribution in [2.24, 2.45) is 0 Å². The van der Waals surface area contributed by atoms with Crippen molar-refractivity contribution >= 4 is 17.4 Å². The van der Waals surface area contributed by atoms with E-state index in [0.29, 0.717) is 11.6 Å². The Labute approximate surface area is 82.7 Å². The maximum Gasteiger partial charge on any atom is 0.134 e. The molecule has 0 aliphatic heterocycles. The molecule has 0 amide bonds. The third-order valence-corrected chi connectivity index (χ3v) is 2.15. The first-order valence-corrected chi connectivity index (χ1v) is 4.61. The Kier molecular flexibility index (Phi) is 3.09. The first-order valence-electron chi connectivity index (χ1n) is 4.23. The van der Waals surface area contributed by atoms with Crippen LogP contribution in [0.25, 0.3) is 0 Å². The number of carbonyl (C=O) groups excluding carboxylic acids is 1. The van der Waals surface area contributed by atoms with E-state index in [9.17, 15) is 4.79 Å². The molecule has 0 radical (unpaired) electrons. The van der Waals surface area contributed by atoms with Crippen LogP contribution < -0.4 is 0 Å². The van der Waals surface area contributed by atoms with Crippen LogP contribution in [0.2, 0.25) is 5.15 Å². The van der Waals surface area contributed by atoms with Crippen LogP contribution in [0.4, 0.5) is 0 Å². The highest BCUT2D eigenvalue weighted by atomic mass is 35.5. The van der Waals surface area contributed by atoms with Gasteiger partial charge in [-0.15, -0.1) is 0 Å². The molecule has 0 spiro atoms. The highest BCUT2D eigenvalue weighted by Gasteiger charge is 2.11. The van der Waals surface area contributed by atoms with Crippen molar-refractivity contribution in [2.75, 3.05) is 0 Å². The van der Waals surface area contributed by atoms with Gasteiger partial charge in [0.25, 0.3) is 0 Å². The summed E-state index contributed by atoms with van der Waals surface area (Å²) in [5, 5.41) is 4.68. The Morgan fingerprint density at radius 2 is 2.31 bits per heavy atom. The van der Waals surface area contributed by atoms with Gasteiger partial charge >= 0.3 is 0 Å². The number of nitrogens with zero attached hydrogens (tertiary/aromatic N) is 2. The Morgan fingerprint density at radius 1 is 1.69 bits per heavy atom. The SMILES string of the molecule is CC(=O)Cc1cnn(C(C)C)c1Cl. The molecule has 1 rings (SSSR count). The third kappa shape index (κ3) is 2.31. The van der Waals surface area contributed by atoms with Crippen LogP contribution in [0, 0.1) is 0 Å². The standard InChI is InChI=1S/C9H13ClN2O/c1-6(2)12-9(10)8(5-11-12)4-7(3)13/h5-6H,4H2,1-3H3. The first-order chi connectivity index (χ1) is 6.02. The predicted octanol–water partition coefficient (Wildman–Crippen LogP) is 2.25. The normalized spacial score (nSPS) is 10.8. The van der Waals surface area contributed by atoms with Crippen molar-refractivity contribution in [3.05, 3.63) is 16.9 Å². The van der Waals surface area contributed by atoms with E-state index in [0.717, 1.165) is 5.56 Å². The Morgan fingerprint density at radius 3 is 2.69 bits per heavy atom. The second-order valence-corrected chi connectivity index (χ2v) is 3.74. The molecule has 4 heteroatoms. The molecule has 0 atom stereocenters. The second kappa shape index (κ2) is 3.92. The molecule has 1 heterocycles.